The third-order valence-corrected chi connectivity index (χ3v) is 3.25. The Morgan fingerprint density at radius 3 is 2.48 bits per heavy atom. The number of nitrogens with one attached hydrogen (secondary N) is 2. The van der Waals surface area contributed by atoms with Crippen molar-refractivity contribution in [2.75, 3.05) is 6.54 Å². The number of hydrogen-bond acceptors (Lipinski definition) is 5. The van der Waals surface area contributed by atoms with E-state index in [1.165, 1.54) is 6.33 Å². The van der Waals surface area contributed by atoms with Gasteiger partial charge in [0, 0.05) is 0 Å². The molecule has 0 aliphatic carbocycles. The van der Waals surface area contributed by atoms with E-state index in [4.69, 9.17) is 4.74 Å². The average molecular weight is 345 g/mol. The highest BCUT2D eigenvalue weighted by Crippen LogP contribution is 2.15. The zero-order valence-electron chi connectivity index (χ0n) is 14.8. The van der Waals surface area contributed by atoms with Gasteiger partial charge in [-0.3, -0.25) is 4.79 Å². The van der Waals surface area contributed by atoms with Gasteiger partial charge in [-0.25, -0.2) is 14.5 Å². The molecule has 1 aromatic heterocycles. The molecule has 134 valence electrons. The molecule has 1 atom stereocenters. The zero-order chi connectivity index (χ0) is 18.4. The maximum absolute atomic E-state index is 11.9. The van der Waals surface area contributed by atoms with E-state index in [0.717, 1.165) is 11.3 Å². The lowest BCUT2D eigenvalue weighted by Gasteiger charge is -2.20. The lowest BCUT2D eigenvalue weighted by atomic mass is 10.1. The summed E-state index contributed by atoms with van der Waals surface area (Å²) in [6.45, 7) is 7.01. The number of benzene rings is 1. The van der Waals surface area contributed by atoms with Gasteiger partial charge in [0.05, 0.1) is 11.7 Å². The molecule has 1 heterocycles. The summed E-state index contributed by atoms with van der Waals surface area (Å²) < 4.78 is 6.73. The molecule has 2 amide bonds. The predicted molar refractivity (Wildman–Crippen MR) is 92.2 cm³/mol. The van der Waals surface area contributed by atoms with E-state index >= 15 is 0 Å². The number of alkyl carbamates (subject to hydrolysis) is 1. The summed E-state index contributed by atoms with van der Waals surface area (Å²) >= 11 is 0. The van der Waals surface area contributed by atoms with Crippen LogP contribution in [0.4, 0.5) is 4.79 Å². The van der Waals surface area contributed by atoms with Gasteiger partial charge in [0.15, 0.2) is 0 Å². The van der Waals surface area contributed by atoms with Crippen LogP contribution in [0.5, 0.6) is 0 Å². The smallest absolute Gasteiger partial charge is 0.408 e. The molecule has 0 bridgehead atoms. The Morgan fingerprint density at radius 1 is 1.24 bits per heavy atom. The third-order valence-electron chi connectivity index (χ3n) is 3.25. The molecule has 0 aliphatic rings. The highest BCUT2D eigenvalue weighted by atomic mass is 16.6. The summed E-state index contributed by atoms with van der Waals surface area (Å²) in [6.07, 6.45) is 2.46. The van der Waals surface area contributed by atoms with Crippen LogP contribution in [0, 0.1) is 0 Å². The number of nitrogens with zero attached hydrogens (tertiary/aromatic N) is 3. The fourth-order valence-electron chi connectivity index (χ4n) is 2.10. The van der Waals surface area contributed by atoms with Gasteiger partial charge in [0.2, 0.25) is 5.91 Å². The molecule has 8 heteroatoms. The van der Waals surface area contributed by atoms with Crippen LogP contribution in [0.15, 0.2) is 36.9 Å². The number of hydrogen-bond donors (Lipinski definition) is 2. The quantitative estimate of drug-likeness (QED) is 0.863. The first kappa shape index (κ1) is 18.4. The van der Waals surface area contributed by atoms with Gasteiger partial charge in [-0.05, 0) is 45.4 Å². The average Bonchev–Trinajstić information content (AvgIpc) is 3.06. The number of amides is 2. The Balaban J connectivity index is 1.83. The van der Waals surface area contributed by atoms with E-state index < -0.39 is 11.7 Å². The highest BCUT2D eigenvalue weighted by molar-refractivity contribution is 5.82. The van der Waals surface area contributed by atoms with Gasteiger partial charge < -0.3 is 15.4 Å². The topological polar surface area (TPSA) is 98.1 Å². The summed E-state index contributed by atoms with van der Waals surface area (Å²) in [5.74, 6) is -0.293. The SMILES string of the molecule is CC(NC(=O)CNC(=O)OC(C)(C)C)c1ccc(-n2cncn2)cc1. The normalized spacial score (nSPS) is 12.3. The second-order valence-electron chi connectivity index (χ2n) is 6.58. The van der Waals surface area contributed by atoms with Crippen LogP contribution in [-0.4, -0.2) is 38.9 Å². The minimum absolute atomic E-state index is 0.143. The summed E-state index contributed by atoms with van der Waals surface area (Å²) in [5.41, 5.74) is 1.22. The minimum Gasteiger partial charge on any atom is -0.444 e. The first-order valence-corrected chi connectivity index (χ1v) is 7.96. The van der Waals surface area contributed by atoms with E-state index in [-0.39, 0.29) is 18.5 Å². The van der Waals surface area contributed by atoms with Crippen molar-refractivity contribution in [2.45, 2.75) is 39.3 Å². The van der Waals surface area contributed by atoms with Crippen molar-refractivity contribution in [3.8, 4) is 5.69 Å². The number of rotatable bonds is 5. The molecule has 25 heavy (non-hydrogen) atoms. The zero-order valence-corrected chi connectivity index (χ0v) is 14.8. The number of carbonyl (C=O) groups is 2. The van der Waals surface area contributed by atoms with Crippen molar-refractivity contribution in [1.82, 2.24) is 25.4 Å². The fourth-order valence-corrected chi connectivity index (χ4v) is 2.10. The number of aromatic nitrogens is 3. The van der Waals surface area contributed by atoms with Gasteiger partial charge in [-0.1, -0.05) is 12.1 Å². The van der Waals surface area contributed by atoms with Gasteiger partial charge >= 0.3 is 6.09 Å². The molecule has 0 fully saturated rings. The molecular formula is C17H23N5O3. The van der Waals surface area contributed by atoms with Gasteiger partial charge in [-0.2, -0.15) is 5.10 Å². The van der Waals surface area contributed by atoms with Crippen molar-refractivity contribution >= 4 is 12.0 Å². The molecule has 0 saturated heterocycles. The van der Waals surface area contributed by atoms with E-state index in [2.05, 4.69) is 20.7 Å². The maximum Gasteiger partial charge on any atom is 0.408 e. The molecule has 0 aliphatic heterocycles. The lowest BCUT2D eigenvalue weighted by molar-refractivity contribution is -0.120. The summed E-state index contributed by atoms with van der Waals surface area (Å²) in [6, 6.07) is 7.40. The Bertz CT molecular complexity index is 705. The van der Waals surface area contributed by atoms with Crippen LogP contribution in [0.2, 0.25) is 0 Å². The Morgan fingerprint density at radius 2 is 1.92 bits per heavy atom. The van der Waals surface area contributed by atoms with Crippen molar-refractivity contribution in [3.05, 3.63) is 42.5 Å². The van der Waals surface area contributed by atoms with Crippen LogP contribution in [0.25, 0.3) is 5.69 Å². The molecule has 0 radical (unpaired) electrons. The highest BCUT2D eigenvalue weighted by Gasteiger charge is 2.17. The Labute approximate surface area is 146 Å². The molecule has 0 saturated carbocycles. The molecule has 2 aromatic rings. The van der Waals surface area contributed by atoms with Gasteiger partial charge in [-0.15, -0.1) is 0 Å². The molecular weight excluding hydrogens is 322 g/mol. The molecule has 2 rings (SSSR count). The summed E-state index contributed by atoms with van der Waals surface area (Å²) in [7, 11) is 0. The Hall–Kier alpha value is -2.90. The number of ether oxygens (including phenoxy) is 1. The van der Waals surface area contributed by atoms with Crippen LogP contribution >= 0.6 is 0 Å². The van der Waals surface area contributed by atoms with Crippen molar-refractivity contribution in [1.29, 1.82) is 0 Å². The summed E-state index contributed by atoms with van der Waals surface area (Å²) in [4.78, 5) is 27.4. The van der Waals surface area contributed by atoms with Crippen molar-refractivity contribution < 1.29 is 14.3 Å². The molecule has 1 aromatic carbocycles. The van der Waals surface area contributed by atoms with Gasteiger partial charge in [0.1, 0.15) is 24.8 Å². The van der Waals surface area contributed by atoms with Gasteiger partial charge in [0.25, 0.3) is 0 Å². The monoisotopic (exact) mass is 345 g/mol. The largest absolute Gasteiger partial charge is 0.444 e. The maximum atomic E-state index is 11.9. The van der Waals surface area contributed by atoms with E-state index in [1.54, 1.807) is 31.8 Å². The molecule has 1 unspecified atom stereocenters. The predicted octanol–water partition coefficient (Wildman–Crippen LogP) is 1.97. The summed E-state index contributed by atoms with van der Waals surface area (Å²) in [5, 5.41) is 9.32. The number of carbonyl (C=O) groups excluding carboxylic acids is 2. The second kappa shape index (κ2) is 7.78. The molecule has 0 spiro atoms. The third kappa shape index (κ3) is 5.91. The molecule has 8 nitrogen and oxygen atoms in total. The first-order valence-electron chi connectivity index (χ1n) is 7.96. The van der Waals surface area contributed by atoms with Crippen LogP contribution in [0.1, 0.15) is 39.3 Å². The van der Waals surface area contributed by atoms with Crippen molar-refractivity contribution in [3.63, 3.8) is 0 Å². The van der Waals surface area contributed by atoms with Crippen LogP contribution in [0.3, 0.4) is 0 Å². The first-order chi connectivity index (χ1) is 11.7. The van der Waals surface area contributed by atoms with Crippen molar-refractivity contribution in [2.24, 2.45) is 0 Å². The standard InChI is InChI=1S/C17H23N5O3/c1-12(21-15(23)9-19-16(24)25-17(2,3)4)13-5-7-14(8-6-13)22-11-18-10-20-22/h5-8,10-12H,9H2,1-4H3,(H,19,24)(H,21,23). The van der Waals surface area contributed by atoms with Crippen LogP contribution in [-0.2, 0) is 9.53 Å². The van der Waals surface area contributed by atoms with E-state index in [1.807, 2.05) is 31.2 Å². The second-order valence-corrected chi connectivity index (χ2v) is 6.58. The Kier molecular flexibility index (Phi) is 5.74. The molecule has 2 N–H and O–H groups in total. The van der Waals surface area contributed by atoms with E-state index in [0.29, 0.717) is 0 Å². The van der Waals surface area contributed by atoms with E-state index in [9.17, 15) is 9.59 Å². The fraction of sp³-hybridized carbons (Fsp3) is 0.412. The minimum atomic E-state index is -0.618. The van der Waals surface area contributed by atoms with Crippen LogP contribution < -0.4 is 10.6 Å². The lowest BCUT2D eigenvalue weighted by Crippen LogP contribution is -2.40.